The van der Waals surface area contributed by atoms with Gasteiger partial charge < -0.3 is 19.3 Å². The zero-order valence-corrected chi connectivity index (χ0v) is 23.8. The number of likely N-dealkylation sites (tertiary alicyclic amines) is 1. The van der Waals surface area contributed by atoms with Gasteiger partial charge in [-0.25, -0.2) is 9.97 Å². The van der Waals surface area contributed by atoms with Gasteiger partial charge in [-0.2, -0.15) is 0 Å². The molecule has 2 aromatic heterocycles. The van der Waals surface area contributed by atoms with Gasteiger partial charge in [-0.3, -0.25) is 9.69 Å². The van der Waals surface area contributed by atoms with E-state index in [0.29, 0.717) is 24.2 Å². The Morgan fingerprint density at radius 1 is 1.21 bits per heavy atom. The molecule has 2 fully saturated rings. The maximum absolute atomic E-state index is 12.8. The van der Waals surface area contributed by atoms with Gasteiger partial charge in [0.2, 0.25) is 11.8 Å². The van der Waals surface area contributed by atoms with E-state index in [9.17, 15) is 9.90 Å². The second-order valence-corrected chi connectivity index (χ2v) is 11.9. The monoisotopic (exact) mass is 525 g/mol. The highest BCUT2D eigenvalue weighted by Gasteiger charge is 2.57. The Kier molecular flexibility index (Phi) is 8.62. The third kappa shape index (κ3) is 5.66. The molecule has 38 heavy (non-hydrogen) atoms. The van der Waals surface area contributed by atoms with Crippen LogP contribution in [0.25, 0.3) is 0 Å². The summed E-state index contributed by atoms with van der Waals surface area (Å²) < 4.78 is 18.5. The molecule has 3 heterocycles. The molecular weight excluding hydrogens is 482 g/mol. The van der Waals surface area contributed by atoms with Gasteiger partial charge in [0.15, 0.2) is 0 Å². The summed E-state index contributed by atoms with van der Waals surface area (Å²) in [5, 5.41) is 10.5. The minimum absolute atomic E-state index is 0.0715. The highest BCUT2D eigenvalue weighted by molar-refractivity contribution is 5.75. The molecule has 2 aliphatic rings. The van der Waals surface area contributed by atoms with E-state index in [1.807, 2.05) is 44.0 Å². The van der Waals surface area contributed by atoms with Gasteiger partial charge in [-0.1, -0.05) is 40.2 Å². The summed E-state index contributed by atoms with van der Waals surface area (Å²) in [6, 6.07) is 4.94. The zero-order chi connectivity index (χ0) is 27.6. The number of carboxylic acids is 1. The largest absolute Gasteiger partial charge is 0.481 e. The lowest BCUT2D eigenvalue weighted by Gasteiger charge is -2.35. The fourth-order valence-corrected chi connectivity index (χ4v) is 6.05. The molecule has 1 saturated carbocycles. The van der Waals surface area contributed by atoms with Gasteiger partial charge in [0.05, 0.1) is 32.0 Å². The Balaban J connectivity index is 1.77. The molecule has 0 aromatic carbocycles. The van der Waals surface area contributed by atoms with Crippen LogP contribution in [0.4, 0.5) is 0 Å². The van der Waals surface area contributed by atoms with E-state index < -0.39 is 18.1 Å². The van der Waals surface area contributed by atoms with E-state index in [4.69, 9.17) is 14.2 Å². The van der Waals surface area contributed by atoms with E-state index in [1.54, 1.807) is 13.3 Å². The van der Waals surface area contributed by atoms with Crippen LogP contribution in [0.1, 0.15) is 89.5 Å². The molecule has 0 radical (unpaired) electrons. The lowest BCUT2D eigenvalue weighted by atomic mass is 9.73. The molecule has 4 rings (SSSR count). The fourth-order valence-electron chi connectivity index (χ4n) is 6.05. The quantitative estimate of drug-likeness (QED) is 0.427. The average molecular weight is 526 g/mol. The number of aromatic nitrogens is 2. The average Bonchev–Trinajstić information content (AvgIpc) is 3.16. The molecule has 0 amide bonds. The predicted molar refractivity (Wildman–Crippen MR) is 145 cm³/mol. The van der Waals surface area contributed by atoms with Crippen molar-refractivity contribution >= 4 is 5.97 Å². The Bertz CT molecular complexity index is 1110. The van der Waals surface area contributed by atoms with Crippen molar-refractivity contribution in [2.75, 3.05) is 13.7 Å². The summed E-state index contributed by atoms with van der Waals surface area (Å²) in [5.74, 6) is 0.466. The van der Waals surface area contributed by atoms with Crippen molar-refractivity contribution in [2.24, 2.45) is 11.3 Å². The van der Waals surface area contributed by atoms with Gasteiger partial charge in [0, 0.05) is 29.4 Å². The van der Waals surface area contributed by atoms with E-state index in [-0.39, 0.29) is 30.1 Å². The van der Waals surface area contributed by atoms with E-state index >= 15 is 0 Å². The van der Waals surface area contributed by atoms with Crippen LogP contribution >= 0.6 is 0 Å². The summed E-state index contributed by atoms with van der Waals surface area (Å²) in [6.45, 7) is 13.0. The maximum atomic E-state index is 12.8. The van der Waals surface area contributed by atoms with Crippen molar-refractivity contribution in [3.05, 3.63) is 47.3 Å². The fraction of sp³-hybridized carbons (Fsp3) is 0.633. The van der Waals surface area contributed by atoms with E-state index in [2.05, 4.69) is 36.8 Å². The number of hydrogen-bond acceptors (Lipinski definition) is 7. The Morgan fingerprint density at radius 2 is 1.95 bits per heavy atom. The van der Waals surface area contributed by atoms with Crippen LogP contribution in [-0.4, -0.2) is 57.8 Å². The number of methoxy groups -OCH3 is 1. The number of rotatable bonds is 10. The second kappa shape index (κ2) is 11.6. The molecule has 8 nitrogen and oxygen atoms in total. The van der Waals surface area contributed by atoms with Gasteiger partial charge in [-0.05, 0) is 62.3 Å². The first-order chi connectivity index (χ1) is 18.1. The van der Waals surface area contributed by atoms with Crippen molar-refractivity contribution in [1.29, 1.82) is 0 Å². The van der Waals surface area contributed by atoms with E-state index in [0.717, 1.165) is 11.1 Å². The van der Waals surface area contributed by atoms with Crippen molar-refractivity contribution in [3.8, 4) is 11.8 Å². The third-order valence-electron chi connectivity index (χ3n) is 7.95. The number of ether oxygens (including phenoxy) is 3. The molecule has 2 aromatic rings. The first kappa shape index (κ1) is 28.3. The molecular formula is C30H43N3O5. The molecule has 4 atom stereocenters. The topological polar surface area (TPSA) is 94.0 Å². The number of hydrogen-bond donors (Lipinski definition) is 1. The minimum atomic E-state index is -0.843. The van der Waals surface area contributed by atoms with Crippen molar-refractivity contribution in [1.82, 2.24) is 14.9 Å². The highest BCUT2D eigenvalue weighted by Crippen LogP contribution is 2.51. The minimum Gasteiger partial charge on any atom is -0.481 e. The number of aliphatic carboxylic acids is 1. The van der Waals surface area contributed by atoms with Crippen LogP contribution in [0.3, 0.4) is 0 Å². The summed E-state index contributed by atoms with van der Waals surface area (Å²) in [4.78, 5) is 23.9. The van der Waals surface area contributed by atoms with E-state index in [1.165, 1.54) is 24.8 Å². The number of likely N-dealkylation sites (N-methyl/N-ethyl adjacent to an activating group) is 1. The molecule has 1 aliphatic heterocycles. The smallest absolute Gasteiger partial charge is 0.321 e. The van der Waals surface area contributed by atoms with Crippen molar-refractivity contribution < 1.29 is 24.1 Å². The van der Waals surface area contributed by atoms with Crippen LogP contribution < -0.4 is 9.47 Å². The van der Waals surface area contributed by atoms with Crippen LogP contribution in [0.15, 0.2) is 30.6 Å². The second-order valence-electron chi connectivity index (χ2n) is 11.9. The maximum Gasteiger partial charge on any atom is 0.321 e. The highest BCUT2D eigenvalue weighted by atomic mass is 16.5. The Labute approximate surface area is 226 Å². The summed E-state index contributed by atoms with van der Waals surface area (Å²) in [6.07, 6.45) is 6.72. The standard InChI is InChI=1S/C30H43N3O5/c1-8-33-24(22-13-10-14-31-28(22)38-18(2)3)26(23(30(4,5)6)25(33)29(34)35)37-17-21-15-20(19-11-9-12-19)16-32-27(21)36-7/h10,13-16,18-19,23-26H,8-9,11-12,17H2,1-7H3,(H,34,35)/t23-,24+,25+,26+/m1/s1. The van der Waals surface area contributed by atoms with Gasteiger partial charge in [0.1, 0.15) is 6.04 Å². The van der Waals surface area contributed by atoms with Gasteiger partial charge in [-0.15, -0.1) is 0 Å². The summed E-state index contributed by atoms with van der Waals surface area (Å²) >= 11 is 0. The molecule has 1 aliphatic carbocycles. The van der Waals surface area contributed by atoms with Crippen LogP contribution in [0.2, 0.25) is 0 Å². The molecule has 0 unspecified atom stereocenters. The lowest BCUT2D eigenvalue weighted by molar-refractivity contribution is -0.146. The molecule has 208 valence electrons. The molecule has 1 saturated heterocycles. The summed E-state index contributed by atoms with van der Waals surface area (Å²) in [5.41, 5.74) is 2.60. The Morgan fingerprint density at radius 3 is 2.50 bits per heavy atom. The molecule has 1 N–H and O–H groups in total. The van der Waals surface area contributed by atoms with Gasteiger partial charge >= 0.3 is 5.97 Å². The first-order valence-electron chi connectivity index (χ1n) is 13.8. The SMILES string of the molecule is CCN1[C@H](C(=O)O)[C@@H](C(C)(C)C)[C@H](OCc2cc(C3CCC3)cnc2OC)[C@@H]1c1cccnc1OC(C)C. The van der Waals surface area contributed by atoms with Crippen LogP contribution in [-0.2, 0) is 16.1 Å². The normalized spacial score (nSPS) is 24.4. The first-order valence-corrected chi connectivity index (χ1v) is 13.8. The van der Waals surface area contributed by atoms with Crippen LogP contribution in [0, 0.1) is 11.3 Å². The van der Waals surface area contributed by atoms with Gasteiger partial charge in [0.25, 0.3) is 0 Å². The number of nitrogens with zero attached hydrogens (tertiary/aromatic N) is 3. The third-order valence-corrected chi connectivity index (χ3v) is 7.95. The number of pyridine rings is 2. The Hall–Kier alpha value is -2.71. The molecule has 0 spiro atoms. The van der Waals surface area contributed by atoms with Crippen molar-refractivity contribution in [3.63, 3.8) is 0 Å². The molecule has 0 bridgehead atoms. The lowest BCUT2D eigenvalue weighted by Crippen LogP contribution is -2.44. The molecule has 8 heteroatoms. The number of carbonyl (C=O) groups is 1. The van der Waals surface area contributed by atoms with Crippen LogP contribution in [0.5, 0.6) is 11.8 Å². The van der Waals surface area contributed by atoms with Crippen molar-refractivity contribution in [2.45, 2.75) is 97.6 Å². The predicted octanol–water partition coefficient (Wildman–Crippen LogP) is 5.62. The number of carboxylic acid groups (broad SMARTS) is 1. The summed E-state index contributed by atoms with van der Waals surface area (Å²) in [7, 11) is 1.62. The zero-order valence-electron chi connectivity index (χ0n) is 23.8.